The van der Waals surface area contributed by atoms with Gasteiger partial charge in [-0.1, -0.05) is 39.0 Å². The van der Waals surface area contributed by atoms with Gasteiger partial charge in [0.05, 0.1) is 29.6 Å². The average molecular weight is 524 g/mol. The molecule has 0 aliphatic carbocycles. The summed E-state index contributed by atoms with van der Waals surface area (Å²) in [4.78, 5) is 38.6. The second-order valence-electron chi connectivity index (χ2n) is 11.7. The zero-order valence-electron chi connectivity index (χ0n) is 23.6. The highest BCUT2D eigenvalue weighted by Crippen LogP contribution is 2.36. The molecule has 202 valence electrons. The van der Waals surface area contributed by atoms with Crippen molar-refractivity contribution in [2.75, 3.05) is 19.6 Å². The minimum Gasteiger partial charge on any atom is -0.340 e. The number of aromatic amines is 1. The minimum atomic E-state index is -0.260. The molecule has 2 aromatic carbocycles. The maximum atomic E-state index is 13.7. The summed E-state index contributed by atoms with van der Waals surface area (Å²) >= 11 is 0. The third kappa shape index (κ3) is 5.08. The molecule has 0 bridgehead atoms. The van der Waals surface area contributed by atoms with E-state index >= 15 is 0 Å². The van der Waals surface area contributed by atoms with Crippen LogP contribution in [-0.4, -0.2) is 51.2 Å². The third-order valence-corrected chi connectivity index (χ3v) is 8.36. The van der Waals surface area contributed by atoms with E-state index in [1.807, 2.05) is 54.0 Å². The van der Waals surface area contributed by atoms with E-state index in [0.29, 0.717) is 49.6 Å². The Labute approximate surface area is 230 Å². The molecule has 0 radical (unpaired) electrons. The molecule has 1 N–H and O–H groups in total. The Kier molecular flexibility index (Phi) is 7.07. The Hall–Kier alpha value is -3.92. The number of carbonyl (C=O) groups excluding carboxylic acids is 2. The quantitative estimate of drug-likeness (QED) is 0.481. The first-order valence-corrected chi connectivity index (χ1v) is 13.9. The predicted octanol–water partition coefficient (Wildman–Crippen LogP) is 5.61. The number of benzene rings is 2. The molecule has 39 heavy (non-hydrogen) atoms. The van der Waals surface area contributed by atoms with Crippen molar-refractivity contribution < 1.29 is 9.59 Å². The van der Waals surface area contributed by atoms with Crippen molar-refractivity contribution in [2.45, 2.75) is 71.8 Å². The third-order valence-electron chi connectivity index (χ3n) is 8.36. The molecule has 7 heteroatoms. The van der Waals surface area contributed by atoms with E-state index in [4.69, 9.17) is 10.2 Å². The van der Waals surface area contributed by atoms with Crippen LogP contribution in [0.15, 0.2) is 36.4 Å². The van der Waals surface area contributed by atoms with Crippen molar-refractivity contribution in [2.24, 2.45) is 0 Å². The number of carbonyl (C=O) groups is 2. The van der Waals surface area contributed by atoms with Gasteiger partial charge in [0.2, 0.25) is 5.91 Å². The minimum absolute atomic E-state index is 0.0587. The van der Waals surface area contributed by atoms with Gasteiger partial charge in [0.15, 0.2) is 0 Å². The lowest BCUT2D eigenvalue weighted by atomic mass is 9.84. The normalized spacial score (nSPS) is 17.0. The van der Waals surface area contributed by atoms with Gasteiger partial charge in [0, 0.05) is 42.6 Å². The van der Waals surface area contributed by atoms with E-state index in [1.165, 1.54) is 5.56 Å². The van der Waals surface area contributed by atoms with Gasteiger partial charge < -0.3 is 14.8 Å². The summed E-state index contributed by atoms with van der Waals surface area (Å²) in [5.74, 6) is 1.36. The number of hydrogen-bond acceptors (Lipinski definition) is 4. The number of amides is 2. The number of nitriles is 1. The zero-order chi connectivity index (χ0) is 27.9. The van der Waals surface area contributed by atoms with Crippen molar-refractivity contribution >= 4 is 11.8 Å². The van der Waals surface area contributed by atoms with Crippen molar-refractivity contribution in [1.29, 1.82) is 5.26 Å². The molecule has 7 nitrogen and oxygen atoms in total. The van der Waals surface area contributed by atoms with E-state index in [9.17, 15) is 9.59 Å². The Balaban J connectivity index is 1.37. The SMILES string of the molecule is CCC(=O)N1Cc2[nH]c(-c3cc(C(=O)N4CCC(c5ccc(C#N)cc5)CC4)c(C)cc3C)nc2C(C)(C)C1. The van der Waals surface area contributed by atoms with Crippen LogP contribution in [0.1, 0.15) is 90.0 Å². The van der Waals surface area contributed by atoms with Crippen molar-refractivity contribution in [3.8, 4) is 17.5 Å². The van der Waals surface area contributed by atoms with Crippen LogP contribution in [0.5, 0.6) is 0 Å². The van der Waals surface area contributed by atoms with Gasteiger partial charge in [-0.15, -0.1) is 0 Å². The molecule has 2 aliphatic rings. The molecule has 0 atom stereocenters. The van der Waals surface area contributed by atoms with Gasteiger partial charge >= 0.3 is 0 Å². The van der Waals surface area contributed by atoms with Gasteiger partial charge in [-0.05, 0) is 67.5 Å². The van der Waals surface area contributed by atoms with E-state index in [-0.39, 0.29) is 17.2 Å². The average Bonchev–Trinajstić information content (AvgIpc) is 3.37. The van der Waals surface area contributed by atoms with Crippen molar-refractivity contribution in [3.63, 3.8) is 0 Å². The summed E-state index contributed by atoms with van der Waals surface area (Å²) in [5.41, 5.74) is 7.28. The number of piperidine rings is 1. The lowest BCUT2D eigenvalue weighted by Crippen LogP contribution is -2.45. The summed E-state index contributed by atoms with van der Waals surface area (Å²) in [6, 6.07) is 14.1. The summed E-state index contributed by atoms with van der Waals surface area (Å²) in [7, 11) is 0. The monoisotopic (exact) mass is 523 g/mol. The Morgan fingerprint density at radius 1 is 1.08 bits per heavy atom. The van der Waals surface area contributed by atoms with Crippen LogP contribution in [0.4, 0.5) is 0 Å². The largest absolute Gasteiger partial charge is 0.340 e. The fraction of sp³-hybridized carbons (Fsp3) is 0.438. The van der Waals surface area contributed by atoms with Crippen LogP contribution in [0.25, 0.3) is 11.4 Å². The van der Waals surface area contributed by atoms with Gasteiger partial charge in [-0.3, -0.25) is 9.59 Å². The van der Waals surface area contributed by atoms with E-state index in [1.54, 1.807) is 0 Å². The first kappa shape index (κ1) is 26.7. The molecule has 3 heterocycles. The van der Waals surface area contributed by atoms with E-state index < -0.39 is 0 Å². The number of nitrogens with one attached hydrogen (secondary N) is 1. The molecule has 3 aromatic rings. The molecular weight excluding hydrogens is 486 g/mol. The lowest BCUT2D eigenvalue weighted by Gasteiger charge is -2.36. The van der Waals surface area contributed by atoms with Crippen LogP contribution in [-0.2, 0) is 16.8 Å². The Bertz CT molecular complexity index is 1450. The fourth-order valence-electron chi connectivity index (χ4n) is 6.16. The van der Waals surface area contributed by atoms with Crippen LogP contribution in [0.3, 0.4) is 0 Å². The van der Waals surface area contributed by atoms with Gasteiger partial charge in [-0.2, -0.15) is 5.26 Å². The summed E-state index contributed by atoms with van der Waals surface area (Å²) in [6.07, 6.45) is 2.30. The number of fused-ring (bicyclic) bond motifs is 1. The Morgan fingerprint density at radius 2 is 1.77 bits per heavy atom. The molecule has 5 rings (SSSR count). The molecule has 0 unspecified atom stereocenters. The number of hydrogen-bond donors (Lipinski definition) is 1. The van der Waals surface area contributed by atoms with Crippen molar-refractivity contribution in [3.05, 3.63) is 75.6 Å². The fourth-order valence-corrected chi connectivity index (χ4v) is 6.16. The first-order chi connectivity index (χ1) is 18.6. The second-order valence-corrected chi connectivity index (χ2v) is 11.7. The van der Waals surface area contributed by atoms with Crippen molar-refractivity contribution in [1.82, 2.24) is 19.8 Å². The van der Waals surface area contributed by atoms with E-state index in [2.05, 4.69) is 37.9 Å². The second kappa shape index (κ2) is 10.3. The van der Waals surface area contributed by atoms with Crippen LogP contribution in [0.2, 0.25) is 0 Å². The number of aryl methyl sites for hydroxylation is 2. The van der Waals surface area contributed by atoms with E-state index in [0.717, 1.165) is 46.7 Å². The highest BCUT2D eigenvalue weighted by atomic mass is 16.2. The number of likely N-dealkylation sites (tertiary alicyclic amines) is 1. The molecule has 1 fully saturated rings. The number of nitrogens with zero attached hydrogens (tertiary/aromatic N) is 4. The molecule has 2 aliphatic heterocycles. The van der Waals surface area contributed by atoms with Crippen LogP contribution >= 0.6 is 0 Å². The summed E-state index contributed by atoms with van der Waals surface area (Å²) in [5, 5.41) is 9.07. The van der Waals surface area contributed by atoms with Gasteiger partial charge in [0.25, 0.3) is 5.91 Å². The molecule has 1 aromatic heterocycles. The molecule has 2 amide bonds. The summed E-state index contributed by atoms with van der Waals surface area (Å²) < 4.78 is 0. The van der Waals surface area contributed by atoms with Crippen LogP contribution < -0.4 is 0 Å². The maximum Gasteiger partial charge on any atom is 0.254 e. The topological polar surface area (TPSA) is 93.1 Å². The maximum absolute atomic E-state index is 13.7. The van der Waals surface area contributed by atoms with Crippen LogP contribution in [0, 0.1) is 25.2 Å². The molecule has 0 spiro atoms. The molecule has 0 saturated carbocycles. The summed E-state index contributed by atoms with van der Waals surface area (Å²) in [6.45, 7) is 12.8. The Morgan fingerprint density at radius 3 is 2.41 bits per heavy atom. The lowest BCUT2D eigenvalue weighted by molar-refractivity contribution is -0.132. The number of aromatic nitrogens is 2. The number of imidazole rings is 1. The zero-order valence-corrected chi connectivity index (χ0v) is 23.6. The first-order valence-electron chi connectivity index (χ1n) is 13.9. The highest BCUT2D eigenvalue weighted by Gasteiger charge is 2.37. The van der Waals surface area contributed by atoms with Gasteiger partial charge in [-0.25, -0.2) is 4.98 Å². The van der Waals surface area contributed by atoms with Gasteiger partial charge in [0.1, 0.15) is 5.82 Å². The molecule has 1 saturated heterocycles. The number of rotatable bonds is 4. The standard InChI is InChI=1S/C32H37N5O2/c1-6-28(38)37-18-27-29(32(4,5)19-37)35-30(34-27)25-16-26(21(3)15-20(25)2)31(39)36-13-11-24(12-14-36)23-9-7-22(17-33)8-10-23/h7-10,15-16,24H,6,11-14,18-19H2,1-5H3,(H,34,35). The number of H-pyrrole nitrogens is 1. The molecular formula is C32H37N5O2. The predicted molar refractivity (Wildman–Crippen MR) is 151 cm³/mol. The highest BCUT2D eigenvalue weighted by molar-refractivity contribution is 5.97. The smallest absolute Gasteiger partial charge is 0.254 e.